The van der Waals surface area contributed by atoms with E-state index in [-0.39, 0.29) is 17.2 Å². The van der Waals surface area contributed by atoms with E-state index in [0.29, 0.717) is 5.75 Å². The molecule has 0 aliphatic heterocycles. The highest BCUT2D eigenvalue weighted by Gasteiger charge is 2.48. The van der Waals surface area contributed by atoms with Crippen molar-refractivity contribution >= 4 is 15.7 Å². The van der Waals surface area contributed by atoms with Crippen molar-refractivity contribution in [1.29, 1.82) is 0 Å². The zero-order chi connectivity index (χ0) is 17.8. The fourth-order valence-corrected chi connectivity index (χ4v) is 5.16. The van der Waals surface area contributed by atoms with Crippen molar-refractivity contribution < 1.29 is 23.2 Å². The van der Waals surface area contributed by atoms with Crippen molar-refractivity contribution in [3.8, 4) is 5.75 Å². The number of nitrogens with one attached hydrogen (secondary N) is 1. The number of amides is 1. The number of benzene rings is 1. The largest absolute Gasteiger partial charge is 0.497 e. The summed E-state index contributed by atoms with van der Waals surface area (Å²) in [6.45, 7) is 1.40. The summed E-state index contributed by atoms with van der Waals surface area (Å²) in [5.74, 6) is -0.187. The van der Waals surface area contributed by atoms with Crippen LogP contribution in [0.5, 0.6) is 5.75 Å². The fraction of sp³-hybridized carbons (Fsp3) is 0.588. The molecule has 1 aromatic rings. The lowest BCUT2D eigenvalue weighted by Crippen LogP contribution is -2.50. The Morgan fingerprint density at radius 2 is 1.83 bits per heavy atom. The van der Waals surface area contributed by atoms with Crippen LogP contribution in [0.2, 0.25) is 0 Å². The lowest BCUT2D eigenvalue weighted by atomic mass is 9.82. The van der Waals surface area contributed by atoms with E-state index in [1.165, 1.54) is 26.2 Å². The van der Waals surface area contributed by atoms with Gasteiger partial charge in [-0.25, -0.2) is 13.9 Å². The van der Waals surface area contributed by atoms with Gasteiger partial charge in [0.25, 0.3) is 5.91 Å². The lowest BCUT2D eigenvalue weighted by molar-refractivity contribution is -0.132. The average Bonchev–Trinajstić information content (AvgIpc) is 2.61. The summed E-state index contributed by atoms with van der Waals surface area (Å²) in [5, 5.41) is 9.11. The molecule has 1 aliphatic carbocycles. The first-order valence-electron chi connectivity index (χ1n) is 8.18. The van der Waals surface area contributed by atoms with Gasteiger partial charge in [-0.15, -0.1) is 0 Å². The van der Waals surface area contributed by atoms with Crippen molar-refractivity contribution in [3.63, 3.8) is 0 Å². The molecule has 1 atom stereocenters. The van der Waals surface area contributed by atoms with Crippen molar-refractivity contribution in [2.75, 3.05) is 7.11 Å². The Morgan fingerprint density at radius 1 is 1.25 bits per heavy atom. The molecule has 1 fully saturated rings. The Hall–Kier alpha value is -1.60. The standard InChI is InChI=1S/C17H25NO5S/c1-17(16(19)18-20,12-13-6-4-3-5-7-13)24(21,22)15-10-8-14(23-2)9-11-15/h8-11,13,20H,3-7,12H2,1-2H3,(H,18,19). The Labute approximate surface area is 143 Å². The van der Waals surface area contributed by atoms with Gasteiger partial charge in [-0.2, -0.15) is 0 Å². The zero-order valence-corrected chi connectivity index (χ0v) is 14.9. The Balaban J connectivity index is 2.38. The molecule has 1 unspecified atom stereocenters. The highest BCUT2D eigenvalue weighted by Crippen LogP contribution is 2.37. The van der Waals surface area contributed by atoms with Gasteiger partial charge in [-0.3, -0.25) is 10.0 Å². The quantitative estimate of drug-likeness (QED) is 0.604. The van der Waals surface area contributed by atoms with E-state index >= 15 is 0 Å². The number of sulfone groups is 1. The molecule has 0 saturated heterocycles. The second kappa shape index (κ2) is 7.53. The minimum Gasteiger partial charge on any atom is -0.497 e. The third kappa shape index (κ3) is 3.57. The van der Waals surface area contributed by atoms with E-state index in [4.69, 9.17) is 9.94 Å². The molecule has 7 heteroatoms. The second-order valence-electron chi connectivity index (χ2n) is 6.56. The summed E-state index contributed by atoms with van der Waals surface area (Å²) in [6, 6.07) is 5.95. The lowest BCUT2D eigenvalue weighted by Gasteiger charge is -2.32. The van der Waals surface area contributed by atoms with Gasteiger partial charge in [-0.05, 0) is 43.5 Å². The number of carbonyl (C=O) groups is 1. The zero-order valence-electron chi connectivity index (χ0n) is 14.1. The van der Waals surface area contributed by atoms with Crippen LogP contribution in [0, 0.1) is 5.92 Å². The molecular weight excluding hydrogens is 330 g/mol. The third-order valence-corrected chi connectivity index (χ3v) is 7.38. The van der Waals surface area contributed by atoms with Crippen LogP contribution in [0.15, 0.2) is 29.2 Å². The molecule has 24 heavy (non-hydrogen) atoms. The van der Waals surface area contributed by atoms with Gasteiger partial charge in [0, 0.05) is 0 Å². The van der Waals surface area contributed by atoms with Gasteiger partial charge in [0.2, 0.25) is 0 Å². The molecule has 1 aliphatic rings. The number of hydrogen-bond acceptors (Lipinski definition) is 5. The minimum absolute atomic E-state index is 0.0465. The van der Waals surface area contributed by atoms with Crippen molar-refractivity contribution in [1.82, 2.24) is 5.48 Å². The van der Waals surface area contributed by atoms with Crippen LogP contribution in [0.3, 0.4) is 0 Å². The molecule has 2 N–H and O–H groups in total. The molecule has 0 heterocycles. The molecule has 0 bridgehead atoms. The summed E-state index contributed by atoms with van der Waals surface area (Å²) in [6.07, 6.45) is 5.26. The molecule has 1 amide bonds. The van der Waals surface area contributed by atoms with E-state index in [2.05, 4.69) is 0 Å². The highest BCUT2D eigenvalue weighted by atomic mass is 32.2. The van der Waals surface area contributed by atoms with Crippen LogP contribution in [0.4, 0.5) is 0 Å². The summed E-state index contributed by atoms with van der Waals surface area (Å²) in [5.41, 5.74) is 1.55. The van der Waals surface area contributed by atoms with Crippen LogP contribution in [0.25, 0.3) is 0 Å². The topological polar surface area (TPSA) is 92.7 Å². The first-order chi connectivity index (χ1) is 11.3. The van der Waals surface area contributed by atoms with Crippen LogP contribution in [-0.2, 0) is 14.6 Å². The molecule has 0 radical (unpaired) electrons. The molecule has 0 spiro atoms. The predicted octanol–water partition coefficient (Wildman–Crippen LogP) is 2.70. The Morgan fingerprint density at radius 3 is 2.33 bits per heavy atom. The molecule has 0 aromatic heterocycles. The van der Waals surface area contributed by atoms with E-state index in [1.807, 2.05) is 0 Å². The maximum absolute atomic E-state index is 13.1. The third-order valence-electron chi connectivity index (χ3n) is 4.95. The first-order valence-corrected chi connectivity index (χ1v) is 9.66. The number of carbonyl (C=O) groups excluding carboxylic acids is 1. The molecule has 6 nitrogen and oxygen atoms in total. The smallest absolute Gasteiger partial charge is 0.264 e. The van der Waals surface area contributed by atoms with Crippen LogP contribution >= 0.6 is 0 Å². The monoisotopic (exact) mass is 355 g/mol. The first kappa shape index (κ1) is 18.7. The van der Waals surface area contributed by atoms with E-state index in [1.54, 1.807) is 17.6 Å². The number of hydrogen-bond donors (Lipinski definition) is 2. The number of hydroxylamine groups is 1. The maximum atomic E-state index is 13.1. The Kier molecular flexibility index (Phi) is 5.87. The van der Waals surface area contributed by atoms with Gasteiger partial charge < -0.3 is 4.74 Å². The van der Waals surface area contributed by atoms with Crippen molar-refractivity contribution in [2.24, 2.45) is 5.92 Å². The molecule has 134 valence electrons. The molecule has 1 saturated carbocycles. The highest BCUT2D eigenvalue weighted by molar-refractivity contribution is 7.93. The summed E-state index contributed by atoms with van der Waals surface area (Å²) in [7, 11) is -2.47. The van der Waals surface area contributed by atoms with Crippen molar-refractivity contribution in [3.05, 3.63) is 24.3 Å². The second-order valence-corrected chi connectivity index (χ2v) is 8.94. The van der Waals surface area contributed by atoms with E-state index in [0.717, 1.165) is 32.1 Å². The van der Waals surface area contributed by atoms with Gasteiger partial charge in [0.05, 0.1) is 12.0 Å². The number of ether oxygens (including phenoxy) is 1. The summed E-state index contributed by atoms with van der Waals surface area (Å²) >= 11 is 0. The van der Waals surface area contributed by atoms with Gasteiger partial charge in [0.15, 0.2) is 14.6 Å². The summed E-state index contributed by atoms with van der Waals surface area (Å²) < 4.78 is 29.6. The van der Waals surface area contributed by atoms with Gasteiger partial charge in [0.1, 0.15) is 5.75 Å². The summed E-state index contributed by atoms with van der Waals surface area (Å²) in [4.78, 5) is 12.3. The van der Waals surface area contributed by atoms with Crippen LogP contribution < -0.4 is 10.2 Å². The van der Waals surface area contributed by atoms with E-state index in [9.17, 15) is 13.2 Å². The SMILES string of the molecule is COc1ccc(S(=O)(=O)C(C)(CC2CCCCC2)C(=O)NO)cc1. The van der Waals surface area contributed by atoms with Crippen LogP contribution in [-0.4, -0.2) is 31.4 Å². The van der Waals surface area contributed by atoms with E-state index < -0.39 is 20.5 Å². The van der Waals surface area contributed by atoms with Crippen LogP contribution in [0.1, 0.15) is 45.4 Å². The molecule has 2 rings (SSSR count). The normalized spacial score (nSPS) is 18.6. The van der Waals surface area contributed by atoms with Gasteiger partial charge in [-0.1, -0.05) is 32.1 Å². The maximum Gasteiger partial charge on any atom is 0.264 e. The number of rotatable bonds is 6. The predicted molar refractivity (Wildman–Crippen MR) is 89.7 cm³/mol. The fourth-order valence-electron chi connectivity index (χ4n) is 3.40. The van der Waals surface area contributed by atoms with Crippen molar-refractivity contribution in [2.45, 2.75) is 55.1 Å². The Bertz CT molecular complexity index is 665. The molecular formula is C17H25NO5S. The average molecular weight is 355 g/mol. The number of methoxy groups -OCH3 is 1. The minimum atomic E-state index is -3.96. The molecule has 1 aromatic carbocycles. The van der Waals surface area contributed by atoms with Gasteiger partial charge >= 0.3 is 0 Å².